The second-order valence-corrected chi connectivity index (χ2v) is 4.01. The number of carboxylic acid groups (broad SMARTS) is 1. The average molecular weight is 256 g/mol. The number of carbonyl (C=O) groups excluding carboxylic acids is 1. The summed E-state index contributed by atoms with van der Waals surface area (Å²) in [4.78, 5) is 25.7. The van der Waals surface area contributed by atoms with Gasteiger partial charge >= 0.3 is 5.97 Å². The number of anilines is 1. The fourth-order valence-electron chi connectivity index (χ4n) is 1.76. The number of benzene rings is 1. The van der Waals surface area contributed by atoms with Crippen molar-refractivity contribution < 1.29 is 14.7 Å². The highest BCUT2D eigenvalue weighted by Gasteiger charge is 2.08. The summed E-state index contributed by atoms with van der Waals surface area (Å²) in [6.45, 7) is 1.88. The lowest BCUT2D eigenvalue weighted by Crippen LogP contribution is -2.00. The second kappa shape index (κ2) is 5.30. The molecule has 0 bridgehead atoms. The van der Waals surface area contributed by atoms with Crippen molar-refractivity contribution >= 4 is 18.2 Å². The molecule has 0 atom stereocenters. The summed E-state index contributed by atoms with van der Waals surface area (Å²) in [5.41, 5.74) is 2.45. The van der Waals surface area contributed by atoms with Crippen LogP contribution in [0.15, 0.2) is 36.4 Å². The van der Waals surface area contributed by atoms with Gasteiger partial charge in [-0.1, -0.05) is 18.2 Å². The Morgan fingerprint density at radius 2 is 2.11 bits per heavy atom. The number of aromatic nitrogens is 1. The van der Waals surface area contributed by atoms with Crippen LogP contribution in [0.25, 0.3) is 11.3 Å². The zero-order valence-corrected chi connectivity index (χ0v) is 10.3. The average Bonchev–Trinajstić information content (AvgIpc) is 2.41. The SMILES string of the molecule is Cc1ccc(NC=O)nc1-c1cccc(C(=O)O)c1. The van der Waals surface area contributed by atoms with Crippen molar-refractivity contribution in [3.05, 3.63) is 47.5 Å². The largest absolute Gasteiger partial charge is 0.478 e. The number of pyridine rings is 1. The minimum Gasteiger partial charge on any atom is -0.478 e. The molecule has 0 radical (unpaired) electrons. The number of nitrogens with zero attached hydrogens (tertiary/aromatic N) is 1. The third-order valence-corrected chi connectivity index (χ3v) is 2.69. The van der Waals surface area contributed by atoms with Crippen molar-refractivity contribution in [3.8, 4) is 11.3 Å². The van der Waals surface area contributed by atoms with E-state index in [0.29, 0.717) is 23.5 Å². The van der Waals surface area contributed by atoms with Gasteiger partial charge in [-0.3, -0.25) is 4.79 Å². The molecule has 0 aliphatic carbocycles. The number of aryl methyl sites for hydroxylation is 1. The Kier molecular flexibility index (Phi) is 3.56. The minimum atomic E-state index is -0.985. The summed E-state index contributed by atoms with van der Waals surface area (Å²) in [5.74, 6) is -0.557. The van der Waals surface area contributed by atoms with Crippen molar-refractivity contribution in [2.75, 3.05) is 5.32 Å². The molecule has 0 fully saturated rings. The van der Waals surface area contributed by atoms with Crippen LogP contribution >= 0.6 is 0 Å². The highest BCUT2D eigenvalue weighted by molar-refractivity contribution is 5.89. The maximum atomic E-state index is 11.0. The highest BCUT2D eigenvalue weighted by atomic mass is 16.4. The molecule has 96 valence electrons. The third-order valence-electron chi connectivity index (χ3n) is 2.69. The fourth-order valence-corrected chi connectivity index (χ4v) is 1.76. The number of nitrogens with one attached hydrogen (secondary N) is 1. The zero-order chi connectivity index (χ0) is 13.8. The Hall–Kier alpha value is -2.69. The number of carboxylic acids is 1. The molecule has 1 aromatic heterocycles. The van der Waals surface area contributed by atoms with Crippen LogP contribution < -0.4 is 5.32 Å². The van der Waals surface area contributed by atoms with Gasteiger partial charge in [0, 0.05) is 5.56 Å². The number of aromatic carboxylic acids is 1. The third kappa shape index (κ3) is 2.77. The molecular formula is C14H12N2O3. The first-order valence-electron chi connectivity index (χ1n) is 5.63. The number of carbonyl (C=O) groups is 2. The topological polar surface area (TPSA) is 79.3 Å². The van der Waals surface area contributed by atoms with Crippen molar-refractivity contribution in [1.29, 1.82) is 0 Å². The molecule has 5 heteroatoms. The normalized spacial score (nSPS) is 9.95. The Labute approximate surface area is 109 Å². The molecule has 1 heterocycles. The molecular weight excluding hydrogens is 244 g/mol. The highest BCUT2D eigenvalue weighted by Crippen LogP contribution is 2.23. The van der Waals surface area contributed by atoms with Crippen LogP contribution in [-0.2, 0) is 4.79 Å². The maximum Gasteiger partial charge on any atom is 0.335 e. The first-order valence-corrected chi connectivity index (χ1v) is 5.63. The molecule has 0 spiro atoms. The van der Waals surface area contributed by atoms with Crippen molar-refractivity contribution in [2.24, 2.45) is 0 Å². The smallest absolute Gasteiger partial charge is 0.335 e. The summed E-state index contributed by atoms with van der Waals surface area (Å²) in [5, 5.41) is 11.5. The Balaban J connectivity index is 2.51. The van der Waals surface area contributed by atoms with Crippen LogP contribution in [0.2, 0.25) is 0 Å². The van der Waals surface area contributed by atoms with Crippen molar-refractivity contribution in [1.82, 2.24) is 4.98 Å². The summed E-state index contributed by atoms with van der Waals surface area (Å²) in [6.07, 6.45) is 0.551. The van der Waals surface area contributed by atoms with Crippen LogP contribution in [0.1, 0.15) is 15.9 Å². The molecule has 1 amide bonds. The van der Waals surface area contributed by atoms with Gasteiger partial charge in [-0.05, 0) is 30.7 Å². The summed E-state index contributed by atoms with van der Waals surface area (Å²) >= 11 is 0. The van der Waals surface area contributed by atoms with Crippen LogP contribution in [0.4, 0.5) is 5.82 Å². The predicted octanol–water partition coefficient (Wildman–Crippen LogP) is 2.32. The van der Waals surface area contributed by atoms with Gasteiger partial charge in [-0.2, -0.15) is 0 Å². The van der Waals surface area contributed by atoms with E-state index in [1.165, 1.54) is 6.07 Å². The van der Waals surface area contributed by atoms with E-state index in [2.05, 4.69) is 10.3 Å². The van der Waals surface area contributed by atoms with Gasteiger partial charge in [-0.15, -0.1) is 0 Å². The first-order chi connectivity index (χ1) is 9.11. The van der Waals surface area contributed by atoms with E-state index in [1.807, 2.05) is 13.0 Å². The quantitative estimate of drug-likeness (QED) is 0.823. The predicted molar refractivity (Wildman–Crippen MR) is 71.1 cm³/mol. The van der Waals surface area contributed by atoms with Crippen molar-refractivity contribution in [3.63, 3.8) is 0 Å². The van der Waals surface area contributed by atoms with Crippen LogP contribution in [0, 0.1) is 6.92 Å². The molecule has 0 unspecified atom stereocenters. The zero-order valence-electron chi connectivity index (χ0n) is 10.3. The van der Waals surface area contributed by atoms with E-state index in [9.17, 15) is 9.59 Å². The number of hydrogen-bond acceptors (Lipinski definition) is 3. The summed E-state index contributed by atoms with van der Waals surface area (Å²) < 4.78 is 0. The Morgan fingerprint density at radius 3 is 2.79 bits per heavy atom. The molecule has 0 saturated heterocycles. The lowest BCUT2D eigenvalue weighted by Gasteiger charge is -2.08. The monoisotopic (exact) mass is 256 g/mol. The minimum absolute atomic E-state index is 0.201. The molecule has 2 rings (SSSR count). The van der Waals surface area contributed by atoms with Crippen LogP contribution in [-0.4, -0.2) is 22.5 Å². The number of hydrogen-bond donors (Lipinski definition) is 2. The van der Waals surface area contributed by atoms with Gasteiger partial charge in [0.05, 0.1) is 11.3 Å². The molecule has 0 saturated carbocycles. The lowest BCUT2D eigenvalue weighted by atomic mass is 10.0. The fraction of sp³-hybridized carbons (Fsp3) is 0.0714. The van der Waals surface area contributed by atoms with E-state index in [4.69, 9.17) is 5.11 Å². The van der Waals surface area contributed by atoms with E-state index < -0.39 is 5.97 Å². The van der Waals surface area contributed by atoms with E-state index in [1.54, 1.807) is 24.3 Å². The molecule has 5 nitrogen and oxygen atoms in total. The van der Waals surface area contributed by atoms with Gasteiger partial charge in [0.1, 0.15) is 5.82 Å². The molecule has 0 aliphatic rings. The molecule has 0 aliphatic heterocycles. The number of amides is 1. The van der Waals surface area contributed by atoms with E-state index in [-0.39, 0.29) is 5.56 Å². The first kappa shape index (κ1) is 12.8. The number of rotatable bonds is 4. The van der Waals surface area contributed by atoms with Crippen molar-refractivity contribution in [2.45, 2.75) is 6.92 Å². The second-order valence-electron chi connectivity index (χ2n) is 4.01. The van der Waals surface area contributed by atoms with Crippen LogP contribution in [0.5, 0.6) is 0 Å². The van der Waals surface area contributed by atoms with Gasteiger partial charge < -0.3 is 10.4 Å². The maximum absolute atomic E-state index is 11.0. The summed E-state index contributed by atoms with van der Waals surface area (Å²) in [7, 11) is 0. The molecule has 19 heavy (non-hydrogen) atoms. The Morgan fingerprint density at radius 1 is 1.32 bits per heavy atom. The van der Waals surface area contributed by atoms with Gasteiger partial charge in [0.2, 0.25) is 6.41 Å². The standard InChI is InChI=1S/C14H12N2O3/c1-9-5-6-12(15-8-17)16-13(9)10-3-2-4-11(7-10)14(18)19/h2-8H,1H3,(H,18,19)(H,15,16,17). The molecule has 2 N–H and O–H groups in total. The van der Waals surface area contributed by atoms with E-state index in [0.717, 1.165) is 5.56 Å². The lowest BCUT2D eigenvalue weighted by molar-refractivity contribution is -0.105. The van der Waals surface area contributed by atoms with Crippen LogP contribution in [0.3, 0.4) is 0 Å². The van der Waals surface area contributed by atoms with E-state index >= 15 is 0 Å². The van der Waals surface area contributed by atoms with Gasteiger partial charge in [0.25, 0.3) is 0 Å². The molecule has 1 aromatic carbocycles. The molecule has 2 aromatic rings. The summed E-state index contributed by atoms with van der Waals surface area (Å²) in [6, 6.07) is 10.0. The van der Waals surface area contributed by atoms with Gasteiger partial charge in [0.15, 0.2) is 0 Å². The Bertz CT molecular complexity index is 638. The van der Waals surface area contributed by atoms with Gasteiger partial charge in [-0.25, -0.2) is 9.78 Å².